The lowest BCUT2D eigenvalue weighted by atomic mass is 10.2. The van der Waals surface area contributed by atoms with E-state index in [1.165, 1.54) is 12.1 Å². The van der Waals surface area contributed by atoms with E-state index in [2.05, 4.69) is 5.32 Å². The Labute approximate surface area is 86.2 Å². The zero-order valence-corrected chi connectivity index (χ0v) is 8.24. The normalized spacial score (nSPS) is 12.2. The predicted octanol–water partition coefficient (Wildman–Crippen LogP) is 1.49. The lowest BCUT2D eigenvalue weighted by Gasteiger charge is -2.09. The molecule has 5 nitrogen and oxygen atoms in total. The molecule has 0 aliphatic heterocycles. The molecule has 0 saturated heterocycles. The number of nitrogens with two attached hydrogens (primary N) is 1. The molecule has 0 bridgehead atoms. The van der Waals surface area contributed by atoms with Gasteiger partial charge >= 0.3 is 5.69 Å². The molecule has 0 radical (unpaired) electrons. The first-order valence-corrected chi connectivity index (χ1v) is 4.44. The molecular formula is C9H12FN3O2. The lowest BCUT2D eigenvalue weighted by molar-refractivity contribution is -0.386. The standard InChI is InChI=1S/C9H12FN3O2/c1-6(11)5-12-8-4-2-3-7(10)9(8)13(14)15/h2-4,6,12H,5,11H2,1H3. The topological polar surface area (TPSA) is 81.2 Å². The first kappa shape index (κ1) is 11.4. The molecule has 1 atom stereocenters. The molecule has 1 unspecified atom stereocenters. The van der Waals surface area contributed by atoms with E-state index < -0.39 is 16.4 Å². The quantitative estimate of drug-likeness (QED) is 0.586. The van der Waals surface area contributed by atoms with E-state index in [9.17, 15) is 14.5 Å². The van der Waals surface area contributed by atoms with E-state index in [1.807, 2.05) is 0 Å². The molecule has 1 aromatic rings. The highest BCUT2D eigenvalue weighted by molar-refractivity contribution is 5.61. The van der Waals surface area contributed by atoms with Crippen molar-refractivity contribution in [2.45, 2.75) is 13.0 Å². The molecule has 15 heavy (non-hydrogen) atoms. The molecular weight excluding hydrogens is 201 g/mol. The lowest BCUT2D eigenvalue weighted by Crippen LogP contribution is -2.25. The summed E-state index contributed by atoms with van der Waals surface area (Å²) < 4.78 is 13.1. The van der Waals surface area contributed by atoms with Crippen molar-refractivity contribution in [3.63, 3.8) is 0 Å². The van der Waals surface area contributed by atoms with Gasteiger partial charge in [-0.25, -0.2) is 0 Å². The van der Waals surface area contributed by atoms with Crippen LogP contribution in [0.5, 0.6) is 0 Å². The van der Waals surface area contributed by atoms with Crippen molar-refractivity contribution >= 4 is 11.4 Å². The summed E-state index contributed by atoms with van der Waals surface area (Å²) >= 11 is 0. The van der Waals surface area contributed by atoms with Gasteiger partial charge in [-0.05, 0) is 19.1 Å². The van der Waals surface area contributed by atoms with Crippen molar-refractivity contribution in [1.82, 2.24) is 0 Å². The summed E-state index contributed by atoms with van der Waals surface area (Å²) in [6, 6.07) is 3.75. The summed E-state index contributed by atoms with van der Waals surface area (Å²) in [4.78, 5) is 9.83. The molecule has 0 spiro atoms. The van der Waals surface area contributed by atoms with Gasteiger partial charge in [-0.2, -0.15) is 4.39 Å². The minimum atomic E-state index is -0.852. The van der Waals surface area contributed by atoms with Crippen molar-refractivity contribution in [1.29, 1.82) is 0 Å². The van der Waals surface area contributed by atoms with E-state index in [0.717, 1.165) is 6.07 Å². The first-order valence-electron chi connectivity index (χ1n) is 4.44. The molecule has 0 aliphatic carbocycles. The maximum atomic E-state index is 13.1. The largest absolute Gasteiger partial charge is 0.378 e. The van der Waals surface area contributed by atoms with Crippen molar-refractivity contribution < 1.29 is 9.31 Å². The third-order valence-corrected chi connectivity index (χ3v) is 1.78. The van der Waals surface area contributed by atoms with Crippen LogP contribution in [-0.4, -0.2) is 17.5 Å². The zero-order valence-electron chi connectivity index (χ0n) is 8.24. The van der Waals surface area contributed by atoms with Gasteiger partial charge in [0.15, 0.2) is 0 Å². The first-order chi connectivity index (χ1) is 7.02. The third-order valence-electron chi connectivity index (χ3n) is 1.78. The predicted molar refractivity (Wildman–Crippen MR) is 55.2 cm³/mol. The molecule has 0 saturated carbocycles. The maximum Gasteiger partial charge on any atom is 0.327 e. The number of nitrogens with zero attached hydrogens (tertiary/aromatic N) is 1. The van der Waals surface area contributed by atoms with Crippen LogP contribution in [0.1, 0.15) is 6.92 Å². The van der Waals surface area contributed by atoms with E-state index >= 15 is 0 Å². The molecule has 0 fully saturated rings. The van der Waals surface area contributed by atoms with Crippen LogP contribution < -0.4 is 11.1 Å². The number of nitro benzene ring substituents is 1. The molecule has 6 heteroatoms. The zero-order chi connectivity index (χ0) is 11.4. The summed E-state index contributed by atoms with van der Waals surface area (Å²) in [6.45, 7) is 2.10. The smallest absolute Gasteiger partial charge is 0.327 e. The Morgan fingerprint density at radius 3 is 2.87 bits per heavy atom. The average Bonchev–Trinajstić information content (AvgIpc) is 2.13. The molecule has 0 amide bonds. The second-order valence-electron chi connectivity index (χ2n) is 3.25. The van der Waals surface area contributed by atoms with E-state index in [-0.39, 0.29) is 11.7 Å². The number of nitro groups is 1. The number of rotatable bonds is 4. The van der Waals surface area contributed by atoms with Gasteiger partial charge in [-0.15, -0.1) is 0 Å². The summed E-state index contributed by atoms with van der Waals surface area (Å²) in [5.74, 6) is -0.852. The van der Waals surface area contributed by atoms with Crippen LogP contribution in [0.25, 0.3) is 0 Å². The monoisotopic (exact) mass is 213 g/mol. The molecule has 3 N–H and O–H groups in total. The molecule has 0 aliphatic rings. The van der Waals surface area contributed by atoms with Gasteiger partial charge in [-0.1, -0.05) is 6.07 Å². The Hall–Kier alpha value is -1.69. The molecule has 1 aromatic carbocycles. The van der Waals surface area contributed by atoms with Crippen LogP contribution in [-0.2, 0) is 0 Å². The van der Waals surface area contributed by atoms with Crippen molar-refractivity contribution in [2.75, 3.05) is 11.9 Å². The maximum absolute atomic E-state index is 13.1. The van der Waals surface area contributed by atoms with E-state index in [1.54, 1.807) is 6.92 Å². The van der Waals surface area contributed by atoms with Gasteiger partial charge in [0.25, 0.3) is 0 Å². The Morgan fingerprint density at radius 1 is 1.67 bits per heavy atom. The molecule has 0 aromatic heterocycles. The molecule has 82 valence electrons. The number of nitrogens with one attached hydrogen (secondary N) is 1. The van der Waals surface area contributed by atoms with Gasteiger partial charge in [-0.3, -0.25) is 10.1 Å². The van der Waals surface area contributed by atoms with E-state index in [0.29, 0.717) is 6.54 Å². The Morgan fingerprint density at radius 2 is 2.33 bits per heavy atom. The highest BCUT2D eigenvalue weighted by atomic mass is 19.1. The van der Waals surface area contributed by atoms with Crippen molar-refractivity contribution in [3.8, 4) is 0 Å². The van der Waals surface area contributed by atoms with Gasteiger partial charge in [0, 0.05) is 12.6 Å². The van der Waals surface area contributed by atoms with Crippen LogP contribution in [0, 0.1) is 15.9 Å². The third kappa shape index (κ3) is 2.88. The Balaban J connectivity index is 2.96. The number of para-hydroxylation sites is 1. The van der Waals surface area contributed by atoms with Crippen LogP contribution in [0.3, 0.4) is 0 Å². The number of hydrogen-bond acceptors (Lipinski definition) is 4. The Kier molecular flexibility index (Phi) is 3.56. The fraction of sp³-hybridized carbons (Fsp3) is 0.333. The van der Waals surface area contributed by atoms with Crippen molar-refractivity contribution in [3.05, 3.63) is 34.1 Å². The van der Waals surface area contributed by atoms with Gasteiger partial charge < -0.3 is 11.1 Å². The van der Waals surface area contributed by atoms with Crippen LogP contribution in [0.15, 0.2) is 18.2 Å². The summed E-state index contributed by atoms with van der Waals surface area (Å²) in [7, 11) is 0. The molecule has 1 rings (SSSR count). The SMILES string of the molecule is CC(N)CNc1cccc(F)c1[N+](=O)[O-]. The van der Waals surface area contributed by atoms with Gasteiger partial charge in [0.05, 0.1) is 4.92 Å². The molecule has 0 heterocycles. The van der Waals surface area contributed by atoms with Crippen molar-refractivity contribution in [2.24, 2.45) is 5.73 Å². The summed E-state index contributed by atoms with van der Waals surface area (Å²) in [5, 5.41) is 13.3. The van der Waals surface area contributed by atoms with Gasteiger partial charge in [0.2, 0.25) is 5.82 Å². The second kappa shape index (κ2) is 4.70. The van der Waals surface area contributed by atoms with Gasteiger partial charge in [0.1, 0.15) is 5.69 Å². The number of benzene rings is 1. The minimum Gasteiger partial charge on any atom is -0.378 e. The average molecular weight is 213 g/mol. The number of hydrogen-bond donors (Lipinski definition) is 2. The number of anilines is 1. The summed E-state index contributed by atoms with van der Waals surface area (Å²) in [6.07, 6.45) is 0. The van der Waals surface area contributed by atoms with E-state index in [4.69, 9.17) is 5.73 Å². The fourth-order valence-corrected chi connectivity index (χ4v) is 1.11. The summed E-state index contributed by atoms with van der Waals surface area (Å²) in [5.41, 5.74) is 5.09. The number of halogens is 1. The fourth-order valence-electron chi connectivity index (χ4n) is 1.11. The van der Waals surface area contributed by atoms with Crippen LogP contribution in [0.4, 0.5) is 15.8 Å². The highest BCUT2D eigenvalue weighted by Gasteiger charge is 2.19. The second-order valence-corrected chi connectivity index (χ2v) is 3.25. The minimum absolute atomic E-state index is 0.150. The highest BCUT2D eigenvalue weighted by Crippen LogP contribution is 2.26. The van der Waals surface area contributed by atoms with Crippen LogP contribution in [0.2, 0.25) is 0 Å². The van der Waals surface area contributed by atoms with Crippen LogP contribution >= 0.6 is 0 Å². The Bertz CT molecular complexity index is 368.